The van der Waals surface area contributed by atoms with Crippen LogP contribution in [-0.4, -0.2) is 24.7 Å². The summed E-state index contributed by atoms with van der Waals surface area (Å²) in [6.45, 7) is 5.97. The third kappa shape index (κ3) is 6.62. The lowest BCUT2D eigenvalue weighted by Gasteiger charge is -2.15. The zero-order chi connectivity index (χ0) is 26.4. The number of halogens is 1. The quantitative estimate of drug-likeness (QED) is 0.112. The van der Waals surface area contributed by atoms with Crippen LogP contribution in [0.4, 0.5) is 0 Å². The van der Waals surface area contributed by atoms with E-state index < -0.39 is 5.97 Å². The van der Waals surface area contributed by atoms with Crippen molar-refractivity contribution < 1.29 is 19.1 Å². The molecule has 188 valence electrons. The summed E-state index contributed by atoms with van der Waals surface area (Å²) in [5.74, 6) is 0.559. The van der Waals surface area contributed by atoms with Crippen LogP contribution in [0, 0.1) is 6.92 Å². The molecule has 4 aromatic carbocycles. The molecule has 6 nitrogen and oxygen atoms in total. The Labute approximate surface area is 224 Å². The monoisotopic (exact) mass is 558 g/mol. The Kier molecular flexibility index (Phi) is 8.36. The van der Waals surface area contributed by atoms with Crippen molar-refractivity contribution in [2.24, 2.45) is 5.10 Å². The number of fused-ring (bicyclic) bond motifs is 1. The molecular weight excluding hydrogens is 532 g/mol. The Balaban J connectivity index is 1.31. The Hall–Kier alpha value is -3.97. The molecular formula is C30H27BrN2O4. The van der Waals surface area contributed by atoms with E-state index in [1.165, 1.54) is 6.21 Å². The van der Waals surface area contributed by atoms with Crippen molar-refractivity contribution in [3.8, 4) is 11.5 Å². The fourth-order valence-electron chi connectivity index (χ4n) is 3.79. The lowest BCUT2D eigenvalue weighted by atomic mass is 10.0. The van der Waals surface area contributed by atoms with E-state index in [1.807, 2.05) is 55.5 Å². The third-order valence-electron chi connectivity index (χ3n) is 5.77. The zero-order valence-electron chi connectivity index (χ0n) is 20.8. The summed E-state index contributed by atoms with van der Waals surface area (Å²) in [6, 6.07) is 24.0. The standard InChI is InChI=1S/C30H27BrN2O4/c1-19(2)26-16-27(31)20(3)15-28(26)36-18-29(34)33-32-17-21-11-13-23(14-12-21)37-30(35)25-10-6-8-22-7-4-5-9-24(22)25/h4-17,19H,18H2,1-3H3,(H,33,34)/b32-17-. The molecule has 0 bridgehead atoms. The Morgan fingerprint density at radius 1 is 1.00 bits per heavy atom. The molecule has 0 aliphatic heterocycles. The smallest absolute Gasteiger partial charge is 0.344 e. The lowest BCUT2D eigenvalue weighted by Crippen LogP contribution is -2.25. The molecule has 0 saturated heterocycles. The highest BCUT2D eigenvalue weighted by Gasteiger charge is 2.13. The second-order valence-electron chi connectivity index (χ2n) is 8.86. The third-order valence-corrected chi connectivity index (χ3v) is 6.63. The van der Waals surface area contributed by atoms with Crippen molar-refractivity contribution >= 4 is 44.8 Å². The Morgan fingerprint density at radius 2 is 1.73 bits per heavy atom. The van der Waals surface area contributed by atoms with Gasteiger partial charge < -0.3 is 9.47 Å². The molecule has 7 heteroatoms. The number of rotatable bonds is 8. The summed E-state index contributed by atoms with van der Waals surface area (Å²) in [5.41, 5.74) is 5.77. The van der Waals surface area contributed by atoms with Gasteiger partial charge in [-0.05, 0) is 82.8 Å². The van der Waals surface area contributed by atoms with Crippen molar-refractivity contribution in [3.63, 3.8) is 0 Å². The van der Waals surface area contributed by atoms with E-state index in [1.54, 1.807) is 30.3 Å². The zero-order valence-corrected chi connectivity index (χ0v) is 22.4. The van der Waals surface area contributed by atoms with Crippen molar-refractivity contribution in [2.45, 2.75) is 26.7 Å². The molecule has 0 fully saturated rings. The minimum absolute atomic E-state index is 0.152. The average Bonchev–Trinajstić information content (AvgIpc) is 2.89. The molecule has 37 heavy (non-hydrogen) atoms. The number of amides is 1. The Morgan fingerprint density at radius 3 is 2.49 bits per heavy atom. The molecule has 0 radical (unpaired) electrons. The summed E-state index contributed by atoms with van der Waals surface area (Å²) < 4.78 is 12.3. The number of nitrogens with one attached hydrogen (secondary N) is 1. The van der Waals surface area contributed by atoms with Crippen molar-refractivity contribution in [1.82, 2.24) is 5.43 Å². The molecule has 0 aromatic heterocycles. The minimum atomic E-state index is -0.424. The summed E-state index contributed by atoms with van der Waals surface area (Å²) in [4.78, 5) is 24.9. The van der Waals surface area contributed by atoms with Gasteiger partial charge in [0.25, 0.3) is 5.91 Å². The molecule has 0 heterocycles. The van der Waals surface area contributed by atoms with Crippen LogP contribution in [0.2, 0.25) is 0 Å². The number of hydrazone groups is 1. The van der Waals surface area contributed by atoms with E-state index in [9.17, 15) is 9.59 Å². The SMILES string of the molecule is Cc1cc(OCC(=O)N/N=C\c2ccc(OC(=O)c3cccc4ccccc34)cc2)c(C(C)C)cc1Br. The normalized spacial score (nSPS) is 11.2. The van der Waals surface area contributed by atoms with Crippen LogP contribution < -0.4 is 14.9 Å². The van der Waals surface area contributed by atoms with E-state index >= 15 is 0 Å². The highest BCUT2D eigenvalue weighted by Crippen LogP contribution is 2.32. The molecule has 0 aliphatic rings. The molecule has 0 saturated carbocycles. The molecule has 0 spiro atoms. The van der Waals surface area contributed by atoms with Crippen LogP contribution >= 0.6 is 15.9 Å². The van der Waals surface area contributed by atoms with Crippen LogP contribution in [0.3, 0.4) is 0 Å². The minimum Gasteiger partial charge on any atom is -0.483 e. The fraction of sp³-hybridized carbons (Fsp3) is 0.167. The van der Waals surface area contributed by atoms with E-state index in [2.05, 4.69) is 40.3 Å². The molecule has 0 aliphatic carbocycles. The first kappa shape index (κ1) is 26.1. The average molecular weight is 559 g/mol. The second kappa shape index (κ2) is 11.8. The maximum absolute atomic E-state index is 12.7. The first-order valence-electron chi connectivity index (χ1n) is 11.9. The van der Waals surface area contributed by atoms with Gasteiger partial charge in [0.2, 0.25) is 0 Å². The molecule has 0 unspecified atom stereocenters. The summed E-state index contributed by atoms with van der Waals surface area (Å²) in [6.07, 6.45) is 1.51. The number of hydrogen-bond acceptors (Lipinski definition) is 5. The molecule has 1 amide bonds. The van der Waals surface area contributed by atoms with Gasteiger partial charge in [-0.2, -0.15) is 5.10 Å². The summed E-state index contributed by atoms with van der Waals surface area (Å²) in [7, 11) is 0. The van der Waals surface area contributed by atoms with Crippen molar-refractivity contribution in [1.29, 1.82) is 0 Å². The maximum atomic E-state index is 12.7. The predicted molar refractivity (Wildman–Crippen MR) is 150 cm³/mol. The van der Waals surface area contributed by atoms with Crippen LogP contribution in [0.1, 0.15) is 46.8 Å². The van der Waals surface area contributed by atoms with Gasteiger partial charge >= 0.3 is 5.97 Å². The number of benzene rings is 4. The topological polar surface area (TPSA) is 77.0 Å². The van der Waals surface area contributed by atoms with Gasteiger partial charge in [0.05, 0.1) is 11.8 Å². The number of carbonyl (C=O) groups excluding carboxylic acids is 2. The molecule has 1 N–H and O–H groups in total. The molecule has 4 rings (SSSR count). The number of nitrogens with zero attached hydrogens (tertiary/aromatic N) is 1. The van der Waals surface area contributed by atoms with E-state index in [-0.39, 0.29) is 18.4 Å². The van der Waals surface area contributed by atoms with Crippen LogP contribution in [0.15, 0.2) is 88.4 Å². The van der Waals surface area contributed by atoms with Crippen LogP contribution in [0.5, 0.6) is 11.5 Å². The van der Waals surface area contributed by atoms with E-state index in [4.69, 9.17) is 9.47 Å². The highest BCUT2D eigenvalue weighted by molar-refractivity contribution is 9.10. The van der Waals surface area contributed by atoms with Gasteiger partial charge in [-0.15, -0.1) is 0 Å². The largest absolute Gasteiger partial charge is 0.483 e. The maximum Gasteiger partial charge on any atom is 0.344 e. The number of esters is 1. The van der Waals surface area contributed by atoms with Crippen molar-refractivity contribution in [2.75, 3.05) is 6.61 Å². The number of carbonyl (C=O) groups is 2. The van der Waals surface area contributed by atoms with E-state index in [0.717, 1.165) is 31.9 Å². The Bertz CT molecular complexity index is 1460. The van der Waals surface area contributed by atoms with E-state index in [0.29, 0.717) is 17.1 Å². The molecule has 4 aromatic rings. The van der Waals surface area contributed by atoms with Gasteiger partial charge in [0.1, 0.15) is 11.5 Å². The highest BCUT2D eigenvalue weighted by atomic mass is 79.9. The van der Waals surface area contributed by atoms with Gasteiger partial charge in [0.15, 0.2) is 6.61 Å². The first-order valence-corrected chi connectivity index (χ1v) is 12.7. The van der Waals surface area contributed by atoms with Crippen molar-refractivity contribution in [3.05, 3.63) is 106 Å². The summed E-state index contributed by atoms with van der Waals surface area (Å²) >= 11 is 3.54. The predicted octanol–water partition coefficient (Wildman–Crippen LogP) is 6.78. The van der Waals surface area contributed by atoms with Gasteiger partial charge in [-0.3, -0.25) is 4.79 Å². The number of hydrogen-bond donors (Lipinski definition) is 1. The first-order chi connectivity index (χ1) is 17.8. The number of ether oxygens (including phenoxy) is 2. The van der Waals surface area contributed by atoms with Gasteiger partial charge in [0, 0.05) is 4.47 Å². The van der Waals surface area contributed by atoms with Crippen LogP contribution in [-0.2, 0) is 4.79 Å². The van der Waals surface area contributed by atoms with Gasteiger partial charge in [-0.1, -0.05) is 66.2 Å². The number of aryl methyl sites for hydroxylation is 1. The van der Waals surface area contributed by atoms with Crippen LogP contribution in [0.25, 0.3) is 10.8 Å². The summed E-state index contributed by atoms with van der Waals surface area (Å²) in [5, 5.41) is 5.81. The second-order valence-corrected chi connectivity index (χ2v) is 9.72. The molecule has 0 atom stereocenters. The fourth-order valence-corrected chi connectivity index (χ4v) is 4.15. The van der Waals surface area contributed by atoms with Gasteiger partial charge in [-0.25, -0.2) is 10.2 Å². The lowest BCUT2D eigenvalue weighted by molar-refractivity contribution is -0.123.